The van der Waals surface area contributed by atoms with E-state index in [1.54, 1.807) is 6.08 Å². The Balaban J connectivity index is 5.81. The summed E-state index contributed by atoms with van der Waals surface area (Å²) in [6.45, 7) is 28.8. The molecule has 0 rings (SSSR count). The van der Waals surface area contributed by atoms with Crippen molar-refractivity contribution in [2.24, 2.45) is 0 Å². The first-order valence-electron chi connectivity index (χ1n) is 9.44. The smallest absolute Gasteiger partial charge is 0.103 e. The van der Waals surface area contributed by atoms with Crippen LogP contribution < -0.4 is 5.32 Å². The minimum absolute atomic E-state index is 0.407. The fourth-order valence-electron chi connectivity index (χ4n) is 2.73. The summed E-state index contributed by atoms with van der Waals surface area (Å²) in [5, 5.41) is 3.40. The summed E-state index contributed by atoms with van der Waals surface area (Å²) in [4.78, 5) is 2.33. The van der Waals surface area contributed by atoms with E-state index < -0.39 is 0 Å². The summed E-state index contributed by atoms with van der Waals surface area (Å²) < 4.78 is 0. The second-order valence-electron chi connectivity index (χ2n) is 6.79. The summed E-state index contributed by atoms with van der Waals surface area (Å²) in [5.74, 6) is 0.893. The van der Waals surface area contributed by atoms with Gasteiger partial charge in [0.1, 0.15) is 5.82 Å². The monoisotopic (exact) mass is 354 g/mol. The number of rotatable bonds is 12. The zero-order chi connectivity index (χ0) is 20.3. The molecule has 0 amide bonds. The second-order valence-corrected chi connectivity index (χ2v) is 6.79. The molecule has 0 bridgehead atoms. The van der Waals surface area contributed by atoms with Crippen LogP contribution in [-0.2, 0) is 0 Å². The summed E-state index contributed by atoms with van der Waals surface area (Å²) >= 11 is 0. The van der Waals surface area contributed by atoms with E-state index in [1.807, 2.05) is 26.0 Å². The van der Waals surface area contributed by atoms with E-state index in [4.69, 9.17) is 0 Å². The second kappa shape index (κ2) is 12.2. The van der Waals surface area contributed by atoms with Crippen molar-refractivity contribution in [1.82, 2.24) is 10.2 Å². The Morgan fingerprint density at radius 1 is 1.04 bits per heavy atom. The Bertz CT molecular complexity index is 614. The molecule has 0 radical (unpaired) electrons. The van der Waals surface area contributed by atoms with Crippen LogP contribution >= 0.6 is 0 Å². The molecular formula is C24H38N2. The first-order valence-corrected chi connectivity index (χ1v) is 9.44. The molecule has 0 aliphatic rings. The lowest BCUT2D eigenvalue weighted by atomic mass is 10.0. The first-order chi connectivity index (χ1) is 12.2. The van der Waals surface area contributed by atoms with Crippen LogP contribution in [-0.4, -0.2) is 10.9 Å². The Labute approximate surface area is 162 Å². The van der Waals surface area contributed by atoms with Crippen LogP contribution in [0, 0.1) is 0 Å². The van der Waals surface area contributed by atoms with Gasteiger partial charge in [0.2, 0.25) is 0 Å². The molecule has 144 valence electrons. The highest BCUT2D eigenvalue weighted by Gasteiger charge is 2.20. The van der Waals surface area contributed by atoms with Crippen molar-refractivity contribution < 1.29 is 0 Å². The topological polar surface area (TPSA) is 15.3 Å². The van der Waals surface area contributed by atoms with Crippen LogP contribution in [0.4, 0.5) is 0 Å². The van der Waals surface area contributed by atoms with Crippen LogP contribution in [0.25, 0.3) is 0 Å². The number of hydrogen-bond donors (Lipinski definition) is 1. The molecule has 0 aromatic carbocycles. The molecule has 26 heavy (non-hydrogen) atoms. The Hall–Kier alpha value is -2.22. The van der Waals surface area contributed by atoms with Gasteiger partial charge in [0.05, 0.1) is 0 Å². The van der Waals surface area contributed by atoms with Crippen LogP contribution in [0.15, 0.2) is 84.6 Å². The number of hydrogen-bond acceptors (Lipinski definition) is 2. The van der Waals surface area contributed by atoms with Crippen molar-refractivity contribution in [1.29, 1.82) is 0 Å². The number of allylic oxidation sites excluding steroid dienone is 9. The Morgan fingerprint density at radius 3 is 2.12 bits per heavy atom. The Morgan fingerprint density at radius 2 is 1.65 bits per heavy atom. The molecule has 0 aromatic rings. The largest absolute Gasteiger partial charge is 0.346 e. The molecule has 0 aliphatic heterocycles. The molecule has 0 aromatic heterocycles. The molecule has 2 heteroatoms. The molecular weight excluding hydrogens is 316 g/mol. The molecule has 2 nitrogen and oxygen atoms in total. The molecule has 0 saturated heterocycles. The van der Waals surface area contributed by atoms with Crippen LogP contribution in [0.2, 0.25) is 0 Å². The van der Waals surface area contributed by atoms with Crippen molar-refractivity contribution in [3.8, 4) is 0 Å². The summed E-state index contributed by atoms with van der Waals surface area (Å²) in [6.07, 6.45) is 11.2. The minimum Gasteiger partial charge on any atom is -0.346 e. The van der Waals surface area contributed by atoms with E-state index in [1.165, 1.54) is 11.3 Å². The third kappa shape index (κ3) is 7.77. The van der Waals surface area contributed by atoms with E-state index in [9.17, 15) is 0 Å². The predicted molar refractivity (Wildman–Crippen MR) is 119 cm³/mol. The van der Waals surface area contributed by atoms with Gasteiger partial charge in [-0.3, -0.25) is 0 Å². The van der Waals surface area contributed by atoms with Crippen molar-refractivity contribution in [3.63, 3.8) is 0 Å². The van der Waals surface area contributed by atoms with E-state index in [2.05, 4.69) is 70.3 Å². The zero-order valence-electron chi connectivity index (χ0n) is 17.8. The molecule has 0 fully saturated rings. The van der Waals surface area contributed by atoms with E-state index >= 15 is 0 Å². The van der Waals surface area contributed by atoms with E-state index in [-0.39, 0.29) is 0 Å². The fraction of sp³-hybridized carbons (Fsp3) is 0.417. The highest BCUT2D eigenvalue weighted by molar-refractivity contribution is 5.38. The van der Waals surface area contributed by atoms with Crippen molar-refractivity contribution in [3.05, 3.63) is 84.6 Å². The van der Waals surface area contributed by atoms with Gasteiger partial charge in [-0.05, 0) is 57.8 Å². The zero-order valence-corrected chi connectivity index (χ0v) is 17.8. The van der Waals surface area contributed by atoms with Gasteiger partial charge >= 0.3 is 0 Å². The van der Waals surface area contributed by atoms with Crippen molar-refractivity contribution in [2.45, 2.75) is 66.8 Å². The molecule has 1 N–H and O–H groups in total. The van der Waals surface area contributed by atoms with Crippen LogP contribution in [0.5, 0.6) is 0 Å². The minimum atomic E-state index is 0.407. The molecule has 0 spiro atoms. The van der Waals surface area contributed by atoms with Gasteiger partial charge < -0.3 is 10.2 Å². The van der Waals surface area contributed by atoms with Gasteiger partial charge in [0.25, 0.3) is 0 Å². The molecule has 0 heterocycles. The van der Waals surface area contributed by atoms with Gasteiger partial charge in [-0.1, -0.05) is 70.4 Å². The van der Waals surface area contributed by atoms with Gasteiger partial charge in [0, 0.05) is 17.4 Å². The first kappa shape index (κ1) is 23.8. The maximum atomic E-state index is 4.31. The molecule has 1 atom stereocenters. The average Bonchev–Trinajstić information content (AvgIpc) is 2.58. The fourth-order valence-corrected chi connectivity index (χ4v) is 2.73. The third-order valence-electron chi connectivity index (χ3n) is 4.47. The SMILES string of the molecule is C=C/C=C(\C)NC(=C)N(/C(C)=C(C)/C=C\C(=C)C(=C)C)C(CC)CCC. The standard InChI is InChI=1S/C24H38N2/c1-11-14-21(8)25-23(10)26(24(13-3)15-12-2)22(9)20(7)17-16-19(6)18(4)5/h11,14,16-17,24-25H,1,4,6,10,12-13,15H2,2-3,5,7-9H3/b17-16-,21-14+,22-20+. The summed E-state index contributed by atoms with van der Waals surface area (Å²) in [5.41, 5.74) is 5.34. The van der Waals surface area contributed by atoms with Gasteiger partial charge in [0.15, 0.2) is 0 Å². The highest BCUT2D eigenvalue weighted by atomic mass is 15.3. The maximum Gasteiger partial charge on any atom is 0.103 e. The van der Waals surface area contributed by atoms with E-state index in [0.717, 1.165) is 41.9 Å². The van der Waals surface area contributed by atoms with Gasteiger partial charge in [-0.25, -0.2) is 0 Å². The lowest BCUT2D eigenvalue weighted by molar-refractivity contribution is 0.273. The lowest BCUT2D eigenvalue weighted by Crippen LogP contribution is -2.37. The van der Waals surface area contributed by atoms with E-state index in [0.29, 0.717) is 6.04 Å². The number of nitrogens with zero attached hydrogens (tertiary/aromatic N) is 1. The Kier molecular flexibility index (Phi) is 11.1. The molecule has 1 unspecified atom stereocenters. The third-order valence-corrected chi connectivity index (χ3v) is 4.47. The summed E-state index contributed by atoms with van der Waals surface area (Å²) in [7, 11) is 0. The van der Waals surface area contributed by atoms with Crippen molar-refractivity contribution in [2.75, 3.05) is 0 Å². The summed E-state index contributed by atoms with van der Waals surface area (Å²) in [6, 6.07) is 0.407. The van der Waals surface area contributed by atoms with Crippen molar-refractivity contribution >= 4 is 0 Å². The lowest BCUT2D eigenvalue weighted by Gasteiger charge is -2.36. The van der Waals surface area contributed by atoms with Gasteiger partial charge in [-0.15, -0.1) is 0 Å². The van der Waals surface area contributed by atoms with Crippen LogP contribution in [0.3, 0.4) is 0 Å². The normalized spacial score (nSPS) is 13.8. The van der Waals surface area contributed by atoms with Gasteiger partial charge in [-0.2, -0.15) is 0 Å². The number of nitrogens with one attached hydrogen (secondary N) is 1. The predicted octanol–water partition coefficient (Wildman–Crippen LogP) is 7.00. The average molecular weight is 355 g/mol. The quantitative estimate of drug-likeness (QED) is 0.379. The molecule has 0 saturated carbocycles. The highest BCUT2D eigenvalue weighted by Crippen LogP contribution is 2.24. The molecule has 0 aliphatic carbocycles. The van der Waals surface area contributed by atoms with Crippen LogP contribution in [0.1, 0.15) is 60.8 Å². The maximum absolute atomic E-state index is 4.31.